The van der Waals surface area contributed by atoms with Crippen molar-refractivity contribution in [1.82, 2.24) is 10.3 Å². The zero-order chi connectivity index (χ0) is 13.1. The highest BCUT2D eigenvalue weighted by molar-refractivity contribution is 5.86. The van der Waals surface area contributed by atoms with Gasteiger partial charge in [-0.05, 0) is 20.0 Å². The number of likely N-dealkylation sites (N-methyl/N-ethyl adjacent to an activating group) is 1. The molecule has 0 fully saturated rings. The molecule has 0 bridgehead atoms. The van der Waals surface area contributed by atoms with Crippen molar-refractivity contribution < 1.29 is 9.90 Å². The van der Waals surface area contributed by atoms with Crippen LogP contribution in [0, 0.1) is 6.92 Å². The number of aromatic nitrogens is 1. The Kier molecular flexibility index (Phi) is 3.48. The Bertz CT molecular complexity index is 599. The summed E-state index contributed by atoms with van der Waals surface area (Å²) < 4.78 is 0. The summed E-state index contributed by atoms with van der Waals surface area (Å²) in [5, 5.41) is 13.0. The van der Waals surface area contributed by atoms with Gasteiger partial charge in [-0.1, -0.05) is 24.3 Å². The van der Waals surface area contributed by atoms with Crippen molar-refractivity contribution in [2.75, 3.05) is 7.05 Å². The number of carbonyl (C=O) groups is 1. The number of hydrogen-bond acceptors (Lipinski definition) is 2. The molecule has 0 amide bonds. The molecule has 1 aromatic heterocycles. The number of aliphatic carboxylic acids is 1. The van der Waals surface area contributed by atoms with Gasteiger partial charge in [0.25, 0.3) is 0 Å². The monoisotopic (exact) mass is 244 g/mol. The summed E-state index contributed by atoms with van der Waals surface area (Å²) in [5.41, 5.74) is 3.20. The second-order valence-corrected chi connectivity index (χ2v) is 4.17. The number of aromatic amines is 1. The van der Waals surface area contributed by atoms with Gasteiger partial charge in [-0.2, -0.15) is 0 Å². The number of fused-ring (bicyclic) bond motifs is 1. The van der Waals surface area contributed by atoms with Crippen LogP contribution in [0.1, 0.15) is 17.3 Å². The maximum absolute atomic E-state index is 10.6. The zero-order valence-electron chi connectivity index (χ0n) is 10.4. The Morgan fingerprint density at radius 3 is 2.83 bits per heavy atom. The van der Waals surface area contributed by atoms with Crippen LogP contribution in [0.3, 0.4) is 0 Å². The van der Waals surface area contributed by atoms with E-state index in [0.29, 0.717) is 0 Å². The first-order valence-corrected chi connectivity index (χ1v) is 5.79. The Morgan fingerprint density at radius 1 is 1.44 bits per heavy atom. The molecule has 0 saturated heterocycles. The van der Waals surface area contributed by atoms with Gasteiger partial charge in [0.05, 0.1) is 6.04 Å². The van der Waals surface area contributed by atoms with E-state index in [0.717, 1.165) is 22.2 Å². The summed E-state index contributed by atoms with van der Waals surface area (Å²) in [4.78, 5) is 13.9. The molecule has 0 aliphatic rings. The SMILES string of the molecule is CNC(/C=C/C(=O)O)c1c(C)[nH]c2ccccc12. The fourth-order valence-electron chi connectivity index (χ4n) is 2.21. The first-order chi connectivity index (χ1) is 8.63. The van der Waals surface area contributed by atoms with Crippen molar-refractivity contribution in [3.63, 3.8) is 0 Å². The van der Waals surface area contributed by atoms with Crippen molar-refractivity contribution in [2.24, 2.45) is 0 Å². The van der Waals surface area contributed by atoms with Gasteiger partial charge in [-0.15, -0.1) is 0 Å². The smallest absolute Gasteiger partial charge is 0.328 e. The molecule has 1 unspecified atom stereocenters. The van der Waals surface area contributed by atoms with Gasteiger partial charge in [0.2, 0.25) is 0 Å². The van der Waals surface area contributed by atoms with E-state index in [1.165, 1.54) is 6.08 Å². The Hall–Kier alpha value is -2.07. The highest BCUT2D eigenvalue weighted by Crippen LogP contribution is 2.28. The number of hydrogen-bond donors (Lipinski definition) is 3. The lowest BCUT2D eigenvalue weighted by molar-refractivity contribution is -0.131. The summed E-state index contributed by atoms with van der Waals surface area (Å²) in [7, 11) is 1.82. The lowest BCUT2D eigenvalue weighted by Gasteiger charge is -2.12. The number of rotatable bonds is 4. The minimum absolute atomic E-state index is 0.114. The van der Waals surface area contributed by atoms with Gasteiger partial charge in [-0.3, -0.25) is 0 Å². The molecule has 2 aromatic rings. The molecule has 94 valence electrons. The minimum atomic E-state index is -0.937. The molecular formula is C14H16N2O2. The number of aryl methyl sites for hydroxylation is 1. The maximum Gasteiger partial charge on any atom is 0.328 e. The normalized spacial score (nSPS) is 13.2. The first kappa shape index (κ1) is 12.4. The van der Waals surface area contributed by atoms with E-state index in [-0.39, 0.29) is 6.04 Å². The third-order valence-electron chi connectivity index (χ3n) is 3.00. The molecule has 0 spiro atoms. The summed E-state index contributed by atoms with van der Waals surface area (Å²) in [6.45, 7) is 1.99. The standard InChI is InChI=1S/C14H16N2O2/c1-9-14(12(15-2)7-8-13(17)18)10-5-3-4-6-11(10)16-9/h3-8,12,15-16H,1-2H3,(H,17,18)/b8-7+. The summed E-state index contributed by atoms with van der Waals surface area (Å²) in [6, 6.07) is 7.89. The van der Waals surface area contributed by atoms with Gasteiger partial charge < -0.3 is 15.4 Å². The number of para-hydroxylation sites is 1. The number of benzene rings is 1. The van der Waals surface area contributed by atoms with Gasteiger partial charge in [-0.25, -0.2) is 4.79 Å². The number of nitrogens with one attached hydrogen (secondary N) is 2. The van der Waals surface area contributed by atoms with Crippen LogP contribution in [0.5, 0.6) is 0 Å². The first-order valence-electron chi connectivity index (χ1n) is 5.79. The number of carboxylic acid groups (broad SMARTS) is 1. The summed E-state index contributed by atoms with van der Waals surface area (Å²) in [6.07, 6.45) is 2.83. The van der Waals surface area contributed by atoms with Crippen LogP contribution in [-0.2, 0) is 4.79 Å². The highest BCUT2D eigenvalue weighted by atomic mass is 16.4. The fourth-order valence-corrected chi connectivity index (χ4v) is 2.21. The van der Waals surface area contributed by atoms with E-state index in [4.69, 9.17) is 5.11 Å². The predicted octanol–water partition coefficient (Wildman–Crippen LogP) is 2.38. The highest BCUT2D eigenvalue weighted by Gasteiger charge is 2.15. The van der Waals surface area contributed by atoms with Crippen LogP contribution in [0.15, 0.2) is 36.4 Å². The van der Waals surface area contributed by atoms with Crippen molar-refractivity contribution in [2.45, 2.75) is 13.0 Å². The molecule has 4 nitrogen and oxygen atoms in total. The van der Waals surface area contributed by atoms with Crippen LogP contribution in [-0.4, -0.2) is 23.1 Å². The Balaban J connectivity index is 2.50. The van der Waals surface area contributed by atoms with Crippen LogP contribution in [0.25, 0.3) is 10.9 Å². The molecule has 1 atom stereocenters. The van der Waals surface area contributed by atoms with Crippen LogP contribution >= 0.6 is 0 Å². The van der Waals surface area contributed by atoms with Crippen molar-refractivity contribution in [3.8, 4) is 0 Å². The second kappa shape index (κ2) is 5.06. The van der Waals surface area contributed by atoms with E-state index >= 15 is 0 Å². The molecule has 1 aromatic carbocycles. The van der Waals surface area contributed by atoms with Crippen LogP contribution in [0.4, 0.5) is 0 Å². The molecule has 1 heterocycles. The average molecular weight is 244 g/mol. The van der Waals surface area contributed by atoms with Crippen molar-refractivity contribution in [3.05, 3.63) is 47.7 Å². The summed E-state index contributed by atoms with van der Waals surface area (Å²) >= 11 is 0. The topological polar surface area (TPSA) is 65.1 Å². The number of carboxylic acids is 1. The van der Waals surface area contributed by atoms with Crippen LogP contribution < -0.4 is 5.32 Å². The quantitative estimate of drug-likeness (QED) is 0.723. The van der Waals surface area contributed by atoms with E-state index in [2.05, 4.69) is 10.3 Å². The van der Waals surface area contributed by atoms with E-state index in [1.54, 1.807) is 6.08 Å². The van der Waals surface area contributed by atoms with E-state index in [1.807, 2.05) is 38.2 Å². The lowest BCUT2D eigenvalue weighted by Crippen LogP contribution is -2.15. The fraction of sp³-hybridized carbons (Fsp3) is 0.214. The van der Waals surface area contributed by atoms with E-state index in [9.17, 15) is 4.79 Å². The molecule has 18 heavy (non-hydrogen) atoms. The molecule has 3 N–H and O–H groups in total. The van der Waals surface area contributed by atoms with Gasteiger partial charge in [0.1, 0.15) is 0 Å². The second-order valence-electron chi connectivity index (χ2n) is 4.17. The molecule has 0 aliphatic heterocycles. The number of H-pyrrole nitrogens is 1. The third-order valence-corrected chi connectivity index (χ3v) is 3.00. The maximum atomic E-state index is 10.6. The predicted molar refractivity (Wildman–Crippen MR) is 71.6 cm³/mol. The lowest BCUT2D eigenvalue weighted by atomic mass is 10.0. The van der Waals surface area contributed by atoms with Gasteiger partial charge in [0.15, 0.2) is 0 Å². The minimum Gasteiger partial charge on any atom is -0.478 e. The van der Waals surface area contributed by atoms with Gasteiger partial charge >= 0.3 is 5.97 Å². The molecule has 0 saturated carbocycles. The molecular weight excluding hydrogens is 228 g/mol. The van der Waals surface area contributed by atoms with E-state index < -0.39 is 5.97 Å². The largest absolute Gasteiger partial charge is 0.478 e. The molecule has 0 aliphatic carbocycles. The van der Waals surface area contributed by atoms with Crippen molar-refractivity contribution in [1.29, 1.82) is 0 Å². The third kappa shape index (κ3) is 2.28. The molecule has 2 rings (SSSR count). The van der Waals surface area contributed by atoms with Crippen molar-refractivity contribution >= 4 is 16.9 Å². The average Bonchev–Trinajstić information content (AvgIpc) is 2.67. The van der Waals surface area contributed by atoms with Crippen LogP contribution in [0.2, 0.25) is 0 Å². The summed E-state index contributed by atoms with van der Waals surface area (Å²) in [5.74, 6) is -0.937. The molecule has 4 heteroatoms. The molecule has 0 radical (unpaired) electrons. The Morgan fingerprint density at radius 2 is 2.17 bits per heavy atom. The zero-order valence-corrected chi connectivity index (χ0v) is 10.4. The Labute approximate surface area is 105 Å². The van der Waals surface area contributed by atoms with Gasteiger partial charge in [0, 0.05) is 28.2 Å².